The van der Waals surface area contributed by atoms with Crippen LogP contribution < -0.4 is 14.5 Å². The van der Waals surface area contributed by atoms with Crippen LogP contribution in [0.1, 0.15) is 39.8 Å². The molecule has 0 atom stereocenters. The van der Waals surface area contributed by atoms with Crippen LogP contribution >= 0.6 is 11.3 Å². The van der Waals surface area contributed by atoms with Crippen molar-refractivity contribution in [3.63, 3.8) is 0 Å². The molecule has 68 heavy (non-hydrogen) atoms. The predicted molar refractivity (Wildman–Crippen MR) is 284 cm³/mol. The van der Waals surface area contributed by atoms with Gasteiger partial charge in [0, 0.05) is 65.3 Å². The summed E-state index contributed by atoms with van der Waals surface area (Å²) in [5.74, 6) is 1.81. The van der Waals surface area contributed by atoms with Gasteiger partial charge in [0.1, 0.15) is 11.5 Å². The number of thiophene rings is 1. The molecule has 0 unspecified atom stereocenters. The van der Waals surface area contributed by atoms with Crippen LogP contribution in [-0.4, -0.2) is 0 Å². The lowest BCUT2D eigenvalue weighted by atomic mass is 9.65. The maximum Gasteiger partial charge on any atom is 0.140 e. The second kappa shape index (κ2) is 15.4. The molecular weight excluding hydrogens is 845 g/mol. The number of hydrogen-bond donors (Lipinski definition) is 0. The molecule has 0 fully saturated rings. The third-order valence-electron chi connectivity index (χ3n) is 14.6. The van der Waals surface area contributed by atoms with Crippen LogP contribution in [0.3, 0.4) is 0 Å². The number of fused-ring (bicyclic) bond motifs is 13. The van der Waals surface area contributed by atoms with E-state index in [1.165, 1.54) is 65.5 Å². The van der Waals surface area contributed by atoms with Gasteiger partial charge < -0.3 is 14.5 Å². The lowest BCUT2D eigenvalue weighted by Crippen LogP contribution is -2.32. The van der Waals surface area contributed by atoms with Crippen molar-refractivity contribution in [1.29, 1.82) is 0 Å². The standard InChI is InChI=1S/C64H44N2OS/c1-4-20-45(21-5-1)65(46-22-6-2-7-23-46)48-36-37-60-53(39-48)62-58(31-17-33-61(62)68-60)66(47-24-8-3-9-25-47)49-40-52(44-35-34-42-18-16-19-43(42)38-44)63-57(41-49)64(56-30-14-15-32-59(56)67-63)54-28-12-10-26-50(54)51-27-11-13-29-55(51)64/h1-15,17,20-41H,16,18-19H2. The Balaban J connectivity index is 1.07. The van der Waals surface area contributed by atoms with E-state index in [9.17, 15) is 0 Å². The zero-order chi connectivity index (χ0) is 44.8. The summed E-state index contributed by atoms with van der Waals surface area (Å²) in [5, 5.41) is 2.45. The van der Waals surface area contributed by atoms with E-state index < -0.39 is 5.41 Å². The van der Waals surface area contributed by atoms with Crippen molar-refractivity contribution in [3.8, 4) is 33.8 Å². The van der Waals surface area contributed by atoms with E-state index in [1.807, 2.05) is 11.3 Å². The zero-order valence-corrected chi connectivity index (χ0v) is 38.1. The molecule has 10 aromatic carbocycles. The van der Waals surface area contributed by atoms with Crippen LogP contribution in [0.2, 0.25) is 0 Å². The molecule has 1 aromatic heterocycles. The van der Waals surface area contributed by atoms with Gasteiger partial charge in [0.25, 0.3) is 0 Å². The lowest BCUT2D eigenvalue weighted by Gasteiger charge is -2.41. The summed E-state index contributed by atoms with van der Waals surface area (Å²) in [6.45, 7) is 0. The molecule has 1 spiro atoms. The molecular formula is C64H44N2OS. The zero-order valence-electron chi connectivity index (χ0n) is 37.3. The quantitative estimate of drug-likeness (QED) is 0.159. The maximum atomic E-state index is 7.35. The Hall–Kier alpha value is -8.18. The van der Waals surface area contributed by atoms with Crippen molar-refractivity contribution in [2.24, 2.45) is 0 Å². The average molecular weight is 889 g/mol. The van der Waals surface area contributed by atoms with Crippen LogP contribution in [0.15, 0.2) is 231 Å². The van der Waals surface area contributed by atoms with Crippen LogP contribution in [0, 0.1) is 0 Å². The molecule has 0 saturated carbocycles. The molecule has 2 heterocycles. The fourth-order valence-corrected chi connectivity index (χ4v) is 12.9. The third kappa shape index (κ3) is 5.84. The summed E-state index contributed by atoms with van der Waals surface area (Å²) in [6.07, 6.45) is 3.41. The Kier molecular flexibility index (Phi) is 8.87. The fraction of sp³-hybridized carbons (Fsp3) is 0.0625. The van der Waals surface area contributed by atoms with Crippen molar-refractivity contribution in [2.75, 3.05) is 9.80 Å². The molecule has 4 heteroatoms. The number of rotatable bonds is 7. The monoisotopic (exact) mass is 888 g/mol. The summed E-state index contributed by atoms with van der Waals surface area (Å²) in [4.78, 5) is 4.87. The van der Waals surface area contributed by atoms with E-state index in [0.29, 0.717) is 0 Å². The number of para-hydroxylation sites is 4. The highest BCUT2D eigenvalue weighted by atomic mass is 32.1. The van der Waals surface area contributed by atoms with Gasteiger partial charge in [-0.3, -0.25) is 0 Å². The van der Waals surface area contributed by atoms with Crippen molar-refractivity contribution in [3.05, 3.63) is 264 Å². The second-order valence-corrected chi connectivity index (χ2v) is 19.3. The predicted octanol–water partition coefficient (Wildman–Crippen LogP) is 17.6. The number of hydrogen-bond acceptors (Lipinski definition) is 4. The van der Waals surface area contributed by atoms with Gasteiger partial charge in [0.05, 0.1) is 11.1 Å². The van der Waals surface area contributed by atoms with Gasteiger partial charge in [-0.25, -0.2) is 0 Å². The SMILES string of the molecule is c1ccc(N(c2ccccc2)c2ccc3sc4cccc(N(c5ccccc5)c5cc(-c6ccc7c(c6)CCC7)c6c(c5)C5(c7ccccc7O6)c6ccccc6-c6ccccc65)c4c3c2)cc1. The smallest absolute Gasteiger partial charge is 0.140 e. The number of aryl methyl sites for hydroxylation is 2. The van der Waals surface area contributed by atoms with Crippen molar-refractivity contribution in [2.45, 2.75) is 24.7 Å². The van der Waals surface area contributed by atoms with Crippen LogP contribution in [-0.2, 0) is 18.3 Å². The first-order valence-electron chi connectivity index (χ1n) is 23.7. The average Bonchev–Trinajstić information content (AvgIpc) is 4.11. The summed E-state index contributed by atoms with van der Waals surface area (Å²) < 4.78 is 9.84. The van der Waals surface area contributed by atoms with Gasteiger partial charge in [-0.2, -0.15) is 0 Å². The Labute approximate surface area is 400 Å². The minimum absolute atomic E-state index is 0.643. The van der Waals surface area contributed by atoms with E-state index in [1.54, 1.807) is 0 Å². The Morgan fingerprint density at radius 3 is 1.72 bits per heavy atom. The van der Waals surface area contributed by atoms with Gasteiger partial charge in [-0.15, -0.1) is 11.3 Å². The van der Waals surface area contributed by atoms with E-state index in [4.69, 9.17) is 4.74 Å². The first kappa shape index (κ1) is 39.0. The normalized spacial score (nSPS) is 13.6. The molecule has 0 saturated heterocycles. The lowest BCUT2D eigenvalue weighted by molar-refractivity contribution is 0.438. The molecule has 3 aliphatic rings. The number of anilines is 6. The van der Waals surface area contributed by atoms with E-state index in [0.717, 1.165) is 75.2 Å². The van der Waals surface area contributed by atoms with E-state index >= 15 is 0 Å². The summed E-state index contributed by atoms with van der Waals surface area (Å²) >= 11 is 1.86. The number of benzene rings is 10. The van der Waals surface area contributed by atoms with E-state index in [-0.39, 0.29) is 0 Å². The number of nitrogens with zero attached hydrogens (tertiary/aromatic N) is 2. The van der Waals surface area contributed by atoms with Crippen molar-refractivity contribution < 1.29 is 4.74 Å². The molecule has 0 bridgehead atoms. The molecule has 14 rings (SSSR count). The minimum Gasteiger partial charge on any atom is -0.456 e. The van der Waals surface area contributed by atoms with E-state index in [2.05, 4.69) is 240 Å². The van der Waals surface area contributed by atoms with Gasteiger partial charge in [0.2, 0.25) is 0 Å². The van der Waals surface area contributed by atoms with Crippen LogP contribution in [0.25, 0.3) is 42.4 Å². The molecule has 0 radical (unpaired) electrons. The highest BCUT2D eigenvalue weighted by Gasteiger charge is 2.52. The fourth-order valence-electron chi connectivity index (χ4n) is 11.7. The first-order chi connectivity index (χ1) is 33.7. The molecule has 322 valence electrons. The van der Waals surface area contributed by atoms with Crippen LogP contribution in [0.4, 0.5) is 34.1 Å². The van der Waals surface area contributed by atoms with Gasteiger partial charge in [-0.05, 0) is 143 Å². The van der Waals surface area contributed by atoms with Gasteiger partial charge in [-0.1, -0.05) is 146 Å². The molecule has 0 amide bonds. The molecule has 2 aliphatic carbocycles. The number of ether oxygens (including phenoxy) is 1. The molecule has 0 N–H and O–H groups in total. The maximum absolute atomic E-state index is 7.35. The largest absolute Gasteiger partial charge is 0.456 e. The topological polar surface area (TPSA) is 15.7 Å². The van der Waals surface area contributed by atoms with Crippen LogP contribution in [0.5, 0.6) is 11.5 Å². The molecule has 1 aliphatic heterocycles. The molecule has 3 nitrogen and oxygen atoms in total. The Morgan fingerprint density at radius 1 is 0.397 bits per heavy atom. The Bertz CT molecular complexity index is 3680. The summed E-state index contributed by atoms with van der Waals surface area (Å²) in [6, 6.07) is 85.0. The summed E-state index contributed by atoms with van der Waals surface area (Å²) in [7, 11) is 0. The summed E-state index contributed by atoms with van der Waals surface area (Å²) in [5.41, 5.74) is 18.5. The van der Waals surface area contributed by atoms with Crippen molar-refractivity contribution >= 4 is 65.6 Å². The van der Waals surface area contributed by atoms with Crippen molar-refractivity contribution in [1.82, 2.24) is 0 Å². The first-order valence-corrected chi connectivity index (χ1v) is 24.5. The minimum atomic E-state index is -0.643. The second-order valence-electron chi connectivity index (χ2n) is 18.3. The van der Waals surface area contributed by atoms with Gasteiger partial charge >= 0.3 is 0 Å². The Morgan fingerprint density at radius 2 is 1.01 bits per heavy atom. The highest BCUT2D eigenvalue weighted by Crippen LogP contribution is 2.64. The van der Waals surface area contributed by atoms with Gasteiger partial charge in [0.15, 0.2) is 0 Å². The highest BCUT2D eigenvalue weighted by molar-refractivity contribution is 7.26. The third-order valence-corrected chi connectivity index (χ3v) is 15.7. The molecule has 11 aromatic rings.